The molecule has 1 atom stereocenters. The van der Waals surface area contributed by atoms with Crippen LogP contribution in [0.1, 0.15) is 36.5 Å². The Morgan fingerprint density at radius 3 is 2.62 bits per heavy atom. The molecule has 5 heteroatoms. The Bertz CT molecular complexity index is 525. The maximum atomic E-state index is 12.0. The second kappa shape index (κ2) is 7.13. The average molecular weight is 288 g/mol. The van der Waals surface area contributed by atoms with Crippen LogP contribution in [0, 0.1) is 0 Å². The number of piperidine rings is 1. The first-order chi connectivity index (χ1) is 10.1. The summed E-state index contributed by atoms with van der Waals surface area (Å²) in [6.45, 7) is 2.50. The van der Waals surface area contributed by atoms with Crippen molar-refractivity contribution in [1.29, 1.82) is 0 Å². The van der Waals surface area contributed by atoms with Gasteiger partial charge in [-0.2, -0.15) is 0 Å². The second-order valence-electron chi connectivity index (χ2n) is 5.35. The highest BCUT2D eigenvalue weighted by Gasteiger charge is 2.23. The van der Waals surface area contributed by atoms with Crippen LogP contribution in [-0.4, -0.2) is 42.0 Å². The van der Waals surface area contributed by atoms with E-state index in [9.17, 15) is 14.4 Å². The number of likely N-dealkylation sites (tertiary alicyclic amines) is 1. The van der Waals surface area contributed by atoms with Gasteiger partial charge in [-0.15, -0.1) is 0 Å². The molecule has 0 spiro atoms. The zero-order valence-corrected chi connectivity index (χ0v) is 12.2. The number of anilines is 1. The summed E-state index contributed by atoms with van der Waals surface area (Å²) in [5.74, 6) is -0.144. The molecule has 1 saturated heterocycles. The van der Waals surface area contributed by atoms with Gasteiger partial charge in [0.2, 0.25) is 5.91 Å². The van der Waals surface area contributed by atoms with Crippen LogP contribution in [0.5, 0.6) is 0 Å². The van der Waals surface area contributed by atoms with Crippen LogP contribution in [0.15, 0.2) is 24.3 Å². The van der Waals surface area contributed by atoms with Crippen molar-refractivity contribution in [3.63, 3.8) is 0 Å². The Morgan fingerprint density at radius 2 is 2.00 bits per heavy atom. The Hall–Kier alpha value is -2.01. The summed E-state index contributed by atoms with van der Waals surface area (Å²) in [6.07, 6.45) is 3.80. The lowest BCUT2D eigenvalue weighted by Crippen LogP contribution is -2.44. The van der Waals surface area contributed by atoms with E-state index in [-0.39, 0.29) is 24.3 Å². The summed E-state index contributed by atoms with van der Waals surface area (Å²) in [5.41, 5.74) is 1.27. The highest BCUT2D eigenvalue weighted by Crippen LogP contribution is 2.15. The number of carbonyl (C=O) groups excluding carboxylic acids is 3. The van der Waals surface area contributed by atoms with Crippen molar-refractivity contribution in [2.45, 2.75) is 32.2 Å². The van der Waals surface area contributed by atoms with E-state index < -0.39 is 0 Å². The lowest BCUT2D eigenvalue weighted by Gasteiger charge is -2.31. The molecular weight excluding hydrogens is 268 g/mol. The Labute approximate surface area is 124 Å². The van der Waals surface area contributed by atoms with E-state index in [4.69, 9.17) is 0 Å². The van der Waals surface area contributed by atoms with Gasteiger partial charge in [-0.1, -0.05) is 6.42 Å². The third kappa shape index (κ3) is 4.23. The maximum Gasteiger partial charge on any atom is 0.238 e. The average Bonchev–Trinajstić information content (AvgIpc) is 2.48. The first-order valence-electron chi connectivity index (χ1n) is 7.20. The Morgan fingerprint density at radius 1 is 1.29 bits per heavy atom. The first-order valence-corrected chi connectivity index (χ1v) is 7.20. The molecule has 0 saturated carbocycles. The van der Waals surface area contributed by atoms with Crippen LogP contribution in [0.2, 0.25) is 0 Å². The smallest absolute Gasteiger partial charge is 0.238 e. The molecule has 1 heterocycles. The van der Waals surface area contributed by atoms with Gasteiger partial charge in [-0.25, -0.2) is 0 Å². The number of carbonyl (C=O) groups is 3. The molecule has 0 aromatic heterocycles. The van der Waals surface area contributed by atoms with E-state index in [0.29, 0.717) is 11.3 Å². The van der Waals surface area contributed by atoms with Crippen molar-refractivity contribution >= 4 is 23.7 Å². The van der Waals surface area contributed by atoms with E-state index in [2.05, 4.69) is 5.32 Å². The van der Waals surface area contributed by atoms with Crippen LogP contribution >= 0.6 is 0 Å². The third-order valence-corrected chi connectivity index (χ3v) is 3.74. The van der Waals surface area contributed by atoms with Crippen molar-refractivity contribution in [1.82, 2.24) is 4.90 Å². The largest absolute Gasteiger partial charge is 0.325 e. The lowest BCUT2D eigenvalue weighted by molar-refractivity contribution is -0.120. The molecule has 112 valence electrons. The molecular formula is C16H20N2O3. The van der Waals surface area contributed by atoms with E-state index in [1.54, 1.807) is 24.3 Å². The summed E-state index contributed by atoms with van der Waals surface area (Å²) in [5, 5.41) is 2.79. The molecule has 1 aliphatic rings. The monoisotopic (exact) mass is 288 g/mol. The standard InChI is InChI=1S/C16H20N2O3/c1-12(20)13-5-7-14(8-6-13)17-16(21)10-18-9-3-2-4-15(18)11-19/h5-8,11,15H,2-4,9-10H2,1H3,(H,17,21). The number of hydrogen-bond donors (Lipinski definition) is 1. The third-order valence-electron chi connectivity index (χ3n) is 3.74. The minimum Gasteiger partial charge on any atom is -0.325 e. The number of Topliss-reactive ketones (excluding diaryl/α,β-unsaturated/α-hetero) is 1. The molecule has 1 aromatic rings. The van der Waals surface area contributed by atoms with Crippen molar-refractivity contribution in [3.05, 3.63) is 29.8 Å². The van der Waals surface area contributed by atoms with Crippen molar-refractivity contribution in [3.8, 4) is 0 Å². The summed E-state index contributed by atoms with van der Waals surface area (Å²) >= 11 is 0. The minimum atomic E-state index is -0.149. The maximum absolute atomic E-state index is 12.0. The van der Waals surface area contributed by atoms with Crippen LogP contribution in [0.4, 0.5) is 5.69 Å². The van der Waals surface area contributed by atoms with Crippen molar-refractivity contribution in [2.24, 2.45) is 0 Å². The second-order valence-corrected chi connectivity index (χ2v) is 5.35. The van der Waals surface area contributed by atoms with E-state index in [0.717, 1.165) is 32.1 Å². The van der Waals surface area contributed by atoms with Crippen molar-refractivity contribution in [2.75, 3.05) is 18.4 Å². The summed E-state index contributed by atoms with van der Waals surface area (Å²) in [6, 6.07) is 6.65. The molecule has 0 bridgehead atoms. The van der Waals surface area contributed by atoms with Gasteiger partial charge in [0.25, 0.3) is 0 Å². The predicted molar refractivity (Wildman–Crippen MR) is 80.4 cm³/mol. The number of nitrogens with one attached hydrogen (secondary N) is 1. The molecule has 1 amide bonds. The number of amides is 1. The minimum absolute atomic E-state index is 0.00461. The van der Waals surface area contributed by atoms with E-state index in [1.807, 2.05) is 4.90 Å². The molecule has 0 radical (unpaired) electrons. The molecule has 1 unspecified atom stereocenters. The molecule has 21 heavy (non-hydrogen) atoms. The summed E-state index contributed by atoms with van der Waals surface area (Å²) in [7, 11) is 0. The predicted octanol–water partition coefficient (Wildman–Crippen LogP) is 1.88. The zero-order valence-electron chi connectivity index (χ0n) is 12.2. The number of benzene rings is 1. The number of hydrogen-bond acceptors (Lipinski definition) is 4. The molecule has 1 aromatic carbocycles. The lowest BCUT2D eigenvalue weighted by atomic mass is 10.0. The van der Waals surface area contributed by atoms with Crippen molar-refractivity contribution < 1.29 is 14.4 Å². The fraction of sp³-hybridized carbons (Fsp3) is 0.438. The molecule has 1 fully saturated rings. The molecule has 1 N–H and O–H groups in total. The highest BCUT2D eigenvalue weighted by molar-refractivity contribution is 5.96. The quantitative estimate of drug-likeness (QED) is 0.663. The van der Waals surface area contributed by atoms with Crippen LogP contribution in [0.25, 0.3) is 0 Å². The number of rotatable bonds is 5. The summed E-state index contributed by atoms with van der Waals surface area (Å²) < 4.78 is 0. The fourth-order valence-electron chi connectivity index (χ4n) is 2.54. The van der Waals surface area contributed by atoms with Gasteiger partial charge in [-0.3, -0.25) is 14.5 Å². The normalized spacial score (nSPS) is 19.0. The van der Waals surface area contributed by atoms with Gasteiger partial charge in [0.05, 0.1) is 12.6 Å². The highest BCUT2D eigenvalue weighted by atomic mass is 16.2. The fourth-order valence-corrected chi connectivity index (χ4v) is 2.54. The van der Waals surface area contributed by atoms with Crippen LogP contribution in [0.3, 0.4) is 0 Å². The number of nitrogens with zero attached hydrogens (tertiary/aromatic N) is 1. The zero-order chi connectivity index (χ0) is 15.2. The molecule has 5 nitrogen and oxygen atoms in total. The number of aldehydes is 1. The van der Waals surface area contributed by atoms with Gasteiger partial charge >= 0.3 is 0 Å². The van der Waals surface area contributed by atoms with Gasteiger partial charge in [0.1, 0.15) is 6.29 Å². The number of ketones is 1. The first kappa shape index (κ1) is 15.4. The molecule has 1 aliphatic heterocycles. The summed E-state index contributed by atoms with van der Waals surface area (Å²) in [4.78, 5) is 36.1. The van der Waals surface area contributed by atoms with Gasteiger partial charge in [-0.05, 0) is 50.6 Å². The SMILES string of the molecule is CC(=O)c1ccc(NC(=O)CN2CCCCC2C=O)cc1. The van der Waals surface area contributed by atoms with Gasteiger partial charge < -0.3 is 10.1 Å². The molecule has 2 rings (SSSR count). The van der Waals surface area contributed by atoms with Crippen LogP contribution < -0.4 is 5.32 Å². The van der Waals surface area contributed by atoms with E-state index in [1.165, 1.54) is 6.92 Å². The Balaban J connectivity index is 1.91. The Kier molecular flexibility index (Phi) is 5.22. The molecule has 0 aliphatic carbocycles. The van der Waals surface area contributed by atoms with E-state index >= 15 is 0 Å². The topological polar surface area (TPSA) is 66.5 Å². The van der Waals surface area contributed by atoms with Gasteiger partial charge in [0.15, 0.2) is 5.78 Å². The van der Waals surface area contributed by atoms with Crippen LogP contribution in [-0.2, 0) is 9.59 Å². The van der Waals surface area contributed by atoms with Gasteiger partial charge in [0, 0.05) is 11.3 Å².